The van der Waals surface area contributed by atoms with Crippen LogP contribution in [0.5, 0.6) is 0 Å². The van der Waals surface area contributed by atoms with Gasteiger partial charge in [0, 0.05) is 24.1 Å². The van der Waals surface area contributed by atoms with Gasteiger partial charge in [-0.1, -0.05) is 0 Å². The first-order valence-electron chi connectivity index (χ1n) is 10.2. The minimum Gasteiger partial charge on any atom is -0.462 e. The van der Waals surface area contributed by atoms with Crippen molar-refractivity contribution in [3.8, 4) is 0 Å². The molecule has 1 saturated heterocycles. The molecule has 0 radical (unpaired) electrons. The largest absolute Gasteiger partial charge is 0.462 e. The van der Waals surface area contributed by atoms with Crippen molar-refractivity contribution < 1.29 is 14.3 Å². The highest BCUT2D eigenvalue weighted by Gasteiger charge is 2.28. The minimum atomic E-state index is -0.175. The summed E-state index contributed by atoms with van der Waals surface area (Å²) in [6.45, 7) is 8.44. The molecule has 0 unspecified atom stereocenters. The molecule has 2 N–H and O–H groups in total. The van der Waals surface area contributed by atoms with E-state index in [2.05, 4.69) is 15.2 Å². The first kappa shape index (κ1) is 19.1. The van der Waals surface area contributed by atoms with Crippen LogP contribution in [0.2, 0.25) is 0 Å². The Balaban J connectivity index is 1.30. The fraction of sp³-hybridized carbons (Fsp3) is 0.619. The third-order valence-electron chi connectivity index (χ3n) is 5.42. The van der Waals surface area contributed by atoms with Gasteiger partial charge in [0.1, 0.15) is 29.8 Å². The van der Waals surface area contributed by atoms with Gasteiger partial charge in [0.05, 0.1) is 6.54 Å². The van der Waals surface area contributed by atoms with Crippen LogP contribution < -0.4 is 5.32 Å². The number of amides is 1. The fourth-order valence-corrected chi connectivity index (χ4v) is 4.14. The monoisotopic (exact) mass is 386 g/mol. The number of rotatable bonds is 4. The Kier molecular flexibility index (Phi) is 5.19. The number of imidazole rings is 1. The first-order chi connectivity index (χ1) is 13.4. The van der Waals surface area contributed by atoms with Gasteiger partial charge in [-0.2, -0.15) is 0 Å². The maximum atomic E-state index is 12.1. The molecule has 4 rings (SSSR count). The molecule has 1 amide bonds. The lowest BCUT2D eigenvalue weighted by atomic mass is 9.93. The highest BCUT2D eigenvalue weighted by atomic mass is 16.5. The number of nitrogens with one attached hydrogen (secondary N) is 2. The van der Waals surface area contributed by atoms with E-state index in [0.717, 1.165) is 73.9 Å². The van der Waals surface area contributed by atoms with Crippen molar-refractivity contribution in [2.24, 2.45) is 5.92 Å². The SMILES string of the molecule is CC(C)(C)NC(=O)CN1CCC(Cc2nc3c([nH]2)CCC2=C3OC=CO2)CC1. The van der Waals surface area contributed by atoms with Crippen LogP contribution in [0.1, 0.15) is 57.2 Å². The maximum Gasteiger partial charge on any atom is 0.234 e. The molecule has 3 heterocycles. The van der Waals surface area contributed by atoms with E-state index in [1.54, 1.807) is 12.5 Å². The standard InChI is InChI=1S/C21H30N4O3/c1-21(2,3)24-18(26)13-25-8-6-14(7-9-25)12-17-22-15-4-5-16-20(19(15)23-17)28-11-10-27-16/h10-11,14H,4-9,12-13H2,1-3H3,(H,22,23)(H,24,26). The molecule has 7 nitrogen and oxygen atoms in total. The zero-order chi connectivity index (χ0) is 19.7. The Labute approximate surface area is 166 Å². The molecule has 7 heteroatoms. The van der Waals surface area contributed by atoms with Crippen LogP contribution >= 0.6 is 0 Å². The molecule has 1 aromatic rings. The second-order valence-electron chi connectivity index (χ2n) is 8.99. The predicted molar refractivity (Wildman–Crippen MR) is 106 cm³/mol. The average Bonchev–Trinajstić information content (AvgIpc) is 3.05. The van der Waals surface area contributed by atoms with Gasteiger partial charge in [0.2, 0.25) is 5.91 Å². The topological polar surface area (TPSA) is 79.5 Å². The van der Waals surface area contributed by atoms with E-state index in [9.17, 15) is 4.79 Å². The van der Waals surface area contributed by atoms with E-state index in [1.165, 1.54) is 0 Å². The van der Waals surface area contributed by atoms with Gasteiger partial charge in [-0.15, -0.1) is 0 Å². The first-order valence-corrected chi connectivity index (χ1v) is 10.2. The summed E-state index contributed by atoms with van der Waals surface area (Å²) in [6.07, 6.45) is 7.99. The predicted octanol–water partition coefficient (Wildman–Crippen LogP) is 2.71. The van der Waals surface area contributed by atoms with E-state index in [-0.39, 0.29) is 11.4 Å². The summed E-state index contributed by atoms with van der Waals surface area (Å²) in [5.41, 5.74) is 1.87. The quantitative estimate of drug-likeness (QED) is 0.832. The molecule has 1 aliphatic carbocycles. The van der Waals surface area contributed by atoms with E-state index in [4.69, 9.17) is 14.5 Å². The number of carbonyl (C=O) groups excluding carboxylic acids is 1. The van der Waals surface area contributed by atoms with Crippen LogP contribution in [0.3, 0.4) is 0 Å². The van der Waals surface area contributed by atoms with Gasteiger partial charge in [-0.3, -0.25) is 9.69 Å². The van der Waals surface area contributed by atoms with Crippen molar-refractivity contribution in [3.63, 3.8) is 0 Å². The van der Waals surface area contributed by atoms with Crippen LogP contribution in [-0.2, 0) is 27.1 Å². The third kappa shape index (κ3) is 4.41. The number of H-pyrrole nitrogens is 1. The Morgan fingerprint density at radius 1 is 1.25 bits per heavy atom. The van der Waals surface area contributed by atoms with Crippen LogP contribution in [0.15, 0.2) is 18.3 Å². The maximum absolute atomic E-state index is 12.1. The van der Waals surface area contributed by atoms with Gasteiger partial charge >= 0.3 is 0 Å². The van der Waals surface area contributed by atoms with Crippen molar-refractivity contribution in [2.75, 3.05) is 19.6 Å². The number of allylic oxidation sites excluding steroid dienone is 1. The fourth-order valence-electron chi connectivity index (χ4n) is 4.14. The number of aromatic nitrogens is 2. The second-order valence-corrected chi connectivity index (χ2v) is 8.99. The van der Waals surface area contributed by atoms with Gasteiger partial charge in [0.25, 0.3) is 0 Å². The lowest BCUT2D eigenvalue weighted by Gasteiger charge is -2.32. The molecule has 0 spiro atoms. The van der Waals surface area contributed by atoms with Crippen molar-refractivity contribution >= 4 is 11.7 Å². The molecule has 1 aromatic heterocycles. The lowest BCUT2D eigenvalue weighted by Crippen LogP contribution is -2.47. The Morgan fingerprint density at radius 3 is 2.75 bits per heavy atom. The second kappa shape index (κ2) is 7.62. The summed E-state index contributed by atoms with van der Waals surface area (Å²) >= 11 is 0. The molecule has 152 valence electrons. The van der Waals surface area contributed by atoms with E-state index >= 15 is 0 Å². The molecule has 0 saturated carbocycles. The molecule has 28 heavy (non-hydrogen) atoms. The number of fused-ring (bicyclic) bond motifs is 2. The number of hydrogen-bond donors (Lipinski definition) is 2. The van der Waals surface area contributed by atoms with Gasteiger partial charge < -0.3 is 19.8 Å². The van der Waals surface area contributed by atoms with Gasteiger partial charge in [0.15, 0.2) is 5.76 Å². The van der Waals surface area contributed by atoms with Crippen LogP contribution in [0, 0.1) is 5.92 Å². The average molecular weight is 386 g/mol. The Bertz CT molecular complexity index is 795. The normalized spacial score (nSPS) is 20.2. The van der Waals surface area contributed by atoms with Gasteiger partial charge in [-0.25, -0.2) is 4.98 Å². The number of hydrogen-bond acceptors (Lipinski definition) is 5. The van der Waals surface area contributed by atoms with Crippen molar-refractivity contribution in [3.05, 3.63) is 35.5 Å². The van der Waals surface area contributed by atoms with E-state index in [1.807, 2.05) is 20.8 Å². The van der Waals surface area contributed by atoms with Crippen molar-refractivity contribution in [1.29, 1.82) is 0 Å². The number of aryl methyl sites for hydroxylation is 1. The Morgan fingerprint density at radius 2 is 2.00 bits per heavy atom. The highest BCUT2D eigenvalue weighted by Crippen LogP contribution is 2.34. The number of ether oxygens (including phenoxy) is 2. The summed E-state index contributed by atoms with van der Waals surface area (Å²) in [7, 11) is 0. The summed E-state index contributed by atoms with van der Waals surface area (Å²) in [5.74, 6) is 3.35. The molecule has 3 aliphatic rings. The molecule has 1 fully saturated rings. The lowest BCUT2D eigenvalue weighted by molar-refractivity contribution is -0.124. The highest BCUT2D eigenvalue weighted by molar-refractivity contribution is 5.78. The molecule has 0 bridgehead atoms. The summed E-state index contributed by atoms with van der Waals surface area (Å²) in [4.78, 5) is 22.7. The van der Waals surface area contributed by atoms with Crippen LogP contribution in [0.25, 0.3) is 5.76 Å². The van der Waals surface area contributed by atoms with E-state index in [0.29, 0.717) is 12.5 Å². The number of carbonyl (C=O) groups is 1. The summed E-state index contributed by atoms with van der Waals surface area (Å²) < 4.78 is 11.2. The molecular formula is C21H30N4O3. The number of aromatic amines is 1. The Hall–Kier alpha value is -2.28. The zero-order valence-corrected chi connectivity index (χ0v) is 17.0. The number of piperidine rings is 1. The molecule has 0 atom stereocenters. The third-order valence-corrected chi connectivity index (χ3v) is 5.42. The van der Waals surface area contributed by atoms with Crippen LogP contribution in [-0.4, -0.2) is 45.9 Å². The zero-order valence-electron chi connectivity index (χ0n) is 17.0. The molecule has 2 aliphatic heterocycles. The summed E-state index contributed by atoms with van der Waals surface area (Å²) in [5, 5.41) is 3.04. The van der Waals surface area contributed by atoms with Crippen molar-refractivity contribution in [1.82, 2.24) is 20.2 Å². The van der Waals surface area contributed by atoms with Crippen LogP contribution in [0.4, 0.5) is 0 Å². The number of likely N-dealkylation sites (tertiary alicyclic amines) is 1. The van der Waals surface area contributed by atoms with E-state index < -0.39 is 0 Å². The summed E-state index contributed by atoms with van der Waals surface area (Å²) in [6, 6.07) is 0. The number of nitrogens with zero attached hydrogens (tertiary/aromatic N) is 2. The minimum absolute atomic E-state index is 0.109. The smallest absolute Gasteiger partial charge is 0.234 e. The van der Waals surface area contributed by atoms with Gasteiger partial charge in [-0.05, 0) is 59.0 Å². The molecular weight excluding hydrogens is 356 g/mol. The molecule has 0 aromatic carbocycles. The van der Waals surface area contributed by atoms with Crippen molar-refractivity contribution in [2.45, 2.75) is 58.4 Å².